The van der Waals surface area contributed by atoms with Crippen molar-refractivity contribution in [2.24, 2.45) is 11.1 Å². The van der Waals surface area contributed by atoms with Crippen molar-refractivity contribution in [1.82, 2.24) is 15.1 Å². The Labute approximate surface area is 114 Å². The molecule has 0 aliphatic heterocycles. The van der Waals surface area contributed by atoms with Gasteiger partial charge in [0.1, 0.15) is 0 Å². The van der Waals surface area contributed by atoms with Crippen LogP contribution in [0.25, 0.3) is 0 Å². The standard InChI is InChI=1S/C14H24N4O/c15-12-14(6-3-1-2-4-7-14)13(19)16-9-11-18-10-5-8-17-18/h5,8,10H,1-4,6-7,9,11-12,15H2,(H,16,19). The van der Waals surface area contributed by atoms with Crippen LogP contribution in [0.1, 0.15) is 38.5 Å². The number of carbonyl (C=O) groups excluding carboxylic acids is 1. The second kappa shape index (κ2) is 6.70. The van der Waals surface area contributed by atoms with Gasteiger partial charge < -0.3 is 11.1 Å². The third-order valence-corrected chi connectivity index (χ3v) is 4.12. The SMILES string of the molecule is NCC1(C(=O)NCCn2cccn2)CCCCCC1. The van der Waals surface area contributed by atoms with Crippen LogP contribution in [0.2, 0.25) is 0 Å². The third kappa shape index (κ3) is 3.56. The minimum atomic E-state index is -0.333. The molecule has 5 nitrogen and oxygen atoms in total. The van der Waals surface area contributed by atoms with Crippen LogP contribution in [0, 0.1) is 5.41 Å². The minimum Gasteiger partial charge on any atom is -0.354 e. The number of nitrogens with zero attached hydrogens (tertiary/aromatic N) is 2. The Morgan fingerprint density at radius 2 is 2.05 bits per heavy atom. The maximum atomic E-state index is 12.4. The molecule has 1 saturated carbocycles. The Morgan fingerprint density at radius 3 is 2.63 bits per heavy atom. The summed E-state index contributed by atoms with van der Waals surface area (Å²) in [6.45, 7) is 1.78. The molecule has 106 valence electrons. The molecule has 2 rings (SSSR count). The summed E-state index contributed by atoms with van der Waals surface area (Å²) in [5, 5.41) is 7.15. The summed E-state index contributed by atoms with van der Waals surface area (Å²) in [5.74, 6) is 0.129. The molecular weight excluding hydrogens is 240 g/mol. The summed E-state index contributed by atoms with van der Waals surface area (Å²) in [6.07, 6.45) is 10.2. The largest absolute Gasteiger partial charge is 0.354 e. The number of rotatable bonds is 5. The van der Waals surface area contributed by atoms with Crippen LogP contribution >= 0.6 is 0 Å². The lowest BCUT2D eigenvalue weighted by Gasteiger charge is -2.29. The van der Waals surface area contributed by atoms with Gasteiger partial charge in [-0.2, -0.15) is 5.10 Å². The molecular formula is C14H24N4O. The second-order valence-electron chi connectivity index (χ2n) is 5.42. The number of nitrogens with one attached hydrogen (secondary N) is 1. The molecule has 0 saturated heterocycles. The zero-order valence-electron chi connectivity index (χ0n) is 11.5. The summed E-state index contributed by atoms with van der Waals surface area (Å²) >= 11 is 0. The van der Waals surface area contributed by atoms with Crippen molar-refractivity contribution >= 4 is 5.91 Å². The molecule has 0 radical (unpaired) electrons. The van der Waals surface area contributed by atoms with Crippen LogP contribution in [-0.2, 0) is 11.3 Å². The Hall–Kier alpha value is -1.36. The molecule has 1 aliphatic carbocycles. The fourth-order valence-electron chi connectivity index (χ4n) is 2.83. The lowest BCUT2D eigenvalue weighted by atomic mass is 9.79. The van der Waals surface area contributed by atoms with Gasteiger partial charge in [-0.25, -0.2) is 0 Å². The van der Waals surface area contributed by atoms with Gasteiger partial charge in [0.25, 0.3) is 0 Å². The normalized spacial score (nSPS) is 18.8. The first-order chi connectivity index (χ1) is 9.27. The van der Waals surface area contributed by atoms with Crippen molar-refractivity contribution in [3.8, 4) is 0 Å². The topological polar surface area (TPSA) is 72.9 Å². The van der Waals surface area contributed by atoms with Gasteiger partial charge in [0, 0.05) is 25.5 Å². The number of nitrogens with two attached hydrogens (primary N) is 1. The maximum absolute atomic E-state index is 12.4. The van der Waals surface area contributed by atoms with E-state index in [0.29, 0.717) is 19.6 Å². The summed E-state index contributed by atoms with van der Waals surface area (Å²) in [7, 11) is 0. The van der Waals surface area contributed by atoms with Crippen LogP contribution < -0.4 is 11.1 Å². The first-order valence-electron chi connectivity index (χ1n) is 7.23. The molecule has 0 atom stereocenters. The van der Waals surface area contributed by atoms with Gasteiger partial charge in [-0.3, -0.25) is 9.48 Å². The van der Waals surface area contributed by atoms with E-state index in [1.165, 1.54) is 12.8 Å². The van der Waals surface area contributed by atoms with Crippen molar-refractivity contribution in [3.05, 3.63) is 18.5 Å². The Morgan fingerprint density at radius 1 is 1.32 bits per heavy atom. The molecule has 0 bridgehead atoms. The van der Waals surface area contributed by atoms with E-state index in [2.05, 4.69) is 10.4 Å². The maximum Gasteiger partial charge on any atom is 0.227 e. The predicted molar refractivity (Wildman–Crippen MR) is 74.4 cm³/mol. The van der Waals surface area contributed by atoms with E-state index in [4.69, 9.17) is 5.73 Å². The first kappa shape index (κ1) is 14.1. The van der Waals surface area contributed by atoms with Gasteiger partial charge in [-0.05, 0) is 18.9 Å². The van der Waals surface area contributed by atoms with E-state index in [1.807, 2.05) is 16.9 Å². The van der Waals surface area contributed by atoms with Crippen LogP contribution in [0.15, 0.2) is 18.5 Å². The highest BCUT2D eigenvalue weighted by molar-refractivity contribution is 5.82. The van der Waals surface area contributed by atoms with Gasteiger partial charge >= 0.3 is 0 Å². The lowest BCUT2D eigenvalue weighted by Crippen LogP contribution is -2.46. The summed E-state index contributed by atoms with van der Waals surface area (Å²) < 4.78 is 1.82. The molecule has 19 heavy (non-hydrogen) atoms. The zero-order valence-corrected chi connectivity index (χ0v) is 11.5. The molecule has 1 amide bonds. The number of hydrogen-bond acceptors (Lipinski definition) is 3. The summed E-state index contributed by atoms with van der Waals surface area (Å²) in [4.78, 5) is 12.4. The summed E-state index contributed by atoms with van der Waals surface area (Å²) in [5.41, 5.74) is 5.56. The van der Waals surface area contributed by atoms with Crippen molar-refractivity contribution < 1.29 is 4.79 Å². The Balaban J connectivity index is 1.85. The van der Waals surface area contributed by atoms with Crippen LogP contribution in [-0.4, -0.2) is 28.8 Å². The molecule has 1 fully saturated rings. The molecule has 3 N–H and O–H groups in total. The molecule has 0 unspecified atom stereocenters. The van der Waals surface area contributed by atoms with Crippen molar-refractivity contribution in [1.29, 1.82) is 0 Å². The van der Waals surface area contributed by atoms with E-state index in [1.54, 1.807) is 6.20 Å². The second-order valence-corrected chi connectivity index (χ2v) is 5.42. The van der Waals surface area contributed by atoms with Crippen molar-refractivity contribution in [2.75, 3.05) is 13.1 Å². The smallest absolute Gasteiger partial charge is 0.227 e. The van der Waals surface area contributed by atoms with E-state index >= 15 is 0 Å². The molecule has 1 aromatic rings. The van der Waals surface area contributed by atoms with Gasteiger partial charge in [0.2, 0.25) is 5.91 Å². The first-order valence-corrected chi connectivity index (χ1v) is 7.23. The molecule has 0 aromatic carbocycles. The average Bonchev–Trinajstić information content (AvgIpc) is 2.82. The van der Waals surface area contributed by atoms with E-state index < -0.39 is 0 Å². The molecule has 5 heteroatoms. The van der Waals surface area contributed by atoms with Crippen molar-refractivity contribution in [2.45, 2.75) is 45.1 Å². The fourth-order valence-corrected chi connectivity index (χ4v) is 2.83. The van der Waals surface area contributed by atoms with Gasteiger partial charge in [0.15, 0.2) is 0 Å². The van der Waals surface area contributed by atoms with Crippen molar-refractivity contribution in [3.63, 3.8) is 0 Å². The molecule has 1 aliphatic rings. The average molecular weight is 264 g/mol. The highest BCUT2D eigenvalue weighted by Gasteiger charge is 2.36. The summed E-state index contributed by atoms with van der Waals surface area (Å²) in [6, 6.07) is 1.88. The van der Waals surface area contributed by atoms with E-state index in [-0.39, 0.29) is 11.3 Å². The molecule has 0 spiro atoms. The number of carbonyl (C=O) groups is 1. The highest BCUT2D eigenvalue weighted by atomic mass is 16.2. The minimum absolute atomic E-state index is 0.129. The van der Waals surface area contributed by atoms with Crippen LogP contribution in [0.3, 0.4) is 0 Å². The highest BCUT2D eigenvalue weighted by Crippen LogP contribution is 2.34. The Kier molecular flexibility index (Phi) is 4.96. The number of aromatic nitrogens is 2. The molecule has 1 aromatic heterocycles. The van der Waals surface area contributed by atoms with E-state index in [0.717, 1.165) is 25.7 Å². The van der Waals surface area contributed by atoms with Gasteiger partial charge in [-0.15, -0.1) is 0 Å². The van der Waals surface area contributed by atoms with Gasteiger partial charge in [0.05, 0.1) is 12.0 Å². The van der Waals surface area contributed by atoms with E-state index in [9.17, 15) is 4.79 Å². The monoisotopic (exact) mass is 264 g/mol. The molecule has 1 heterocycles. The zero-order chi connectivity index (χ0) is 13.6. The Bertz CT molecular complexity index is 380. The van der Waals surface area contributed by atoms with Crippen LogP contribution in [0.5, 0.6) is 0 Å². The lowest BCUT2D eigenvalue weighted by molar-refractivity contribution is -0.131. The quantitative estimate of drug-likeness (QED) is 0.787. The number of hydrogen-bond donors (Lipinski definition) is 2. The predicted octanol–water partition coefficient (Wildman–Crippen LogP) is 1.30. The fraction of sp³-hybridized carbons (Fsp3) is 0.714. The number of amides is 1. The van der Waals surface area contributed by atoms with Crippen LogP contribution in [0.4, 0.5) is 0 Å². The third-order valence-electron chi connectivity index (χ3n) is 4.12. The van der Waals surface area contributed by atoms with Gasteiger partial charge in [-0.1, -0.05) is 25.7 Å².